The Labute approximate surface area is 127 Å². The average molecular weight is 332 g/mol. The van der Waals surface area contributed by atoms with E-state index in [-0.39, 0.29) is 11.6 Å². The maximum atomic E-state index is 12.3. The van der Waals surface area contributed by atoms with Crippen LogP contribution in [0.15, 0.2) is 35.5 Å². The van der Waals surface area contributed by atoms with Crippen molar-refractivity contribution in [3.05, 3.63) is 45.2 Å². The third-order valence-corrected chi connectivity index (χ3v) is 5.65. The van der Waals surface area contributed by atoms with Crippen LogP contribution in [0, 0.1) is 0 Å². The fourth-order valence-electron chi connectivity index (χ4n) is 1.59. The molecule has 0 spiro atoms. The molecule has 108 valence electrons. The highest BCUT2D eigenvalue weighted by molar-refractivity contribution is 7.89. The molecule has 0 aliphatic rings. The predicted molar refractivity (Wildman–Crippen MR) is 80.1 cm³/mol. The zero-order valence-electron chi connectivity index (χ0n) is 10.8. The van der Waals surface area contributed by atoms with Crippen LogP contribution in [0.2, 0.25) is 4.34 Å². The molecule has 2 heterocycles. The molecule has 0 unspecified atom stereocenters. The lowest BCUT2D eigenvalue weighted by Gasteiger charge is -2.15. The molecule has 0 bridgehead atoms. The third kappa shape index (κ3) is 3.36. The van der Waals surface area contributed by atoms with Crippen LogP contribution in [0.4, 0.5) is 0 Å². The topological polar surface area (TPSA) is 76.3 Å². The Morgan fingerprint density at radius 1 is 1.35 bits per heavy atom. The van der Waals surface area contributed by atoms with Gasteiger partial charge in [0.1, 0.15) is 0 Å². The van der Waals surface area contributed by atoms with Crippen molar-refractivity contribution in [2.24, 2.45) is 5.73 Å². The summed E-state index contributed by atoms with van der Waals surface area (Å²) in [5, 5.41) is 0.0138. The van der Waals surface area contributed by atoms with Crippen molar-refractivity contribution in [1.29, 1.82) is 0 Å². The monoisotopic (exact) mass is 331 g/mol. The summed E-state index contributed by atoms with van der Waals surface area (Å²) in [4.78, 5) is 4.83. The molecular weight excluding hydrogens is 318 g/mol. The first kappa shape index (κ1) is 15.4. The van der Waals surface area contributed by atoms with Gasteiger partial charge in [-0.3, -0.25) is 0 Å². The van der Waals surface area contributed by atoms with Crippen molar-refractivity contribution in [3.8, 4) is 0 Å². The highest BCUT2D eigenvalue weighted by Gasteiger charge is 2.22. The smallest absolute Gasteiger partial charge is 0.260 e. The average Bonchev–Trinajstić information content (AvgIpc) is 2.84. The lowest BCUT2D eigenvalue weighted by atomic mass is 10.3. The molecule has 0 saturated heterocycles. The van der Waals surface area contributed by atoms with Gasteiger partial charge in [0.2, 0.25) is 0 Å². The molecule has 5 nitrogen and oxygen atoms in total. The maximum Gasteiger partial charge on any atom is 0.260 e. The van der Waals surface area contributed by atoms with E-state index < -0.39 is 10.0 Å². The molecule has 2 aromatic heterocycles. The van der Waals surface area contributed by atoms with Gasteiger partial charge in [0.05, 0.1) is 4.34 Å². The van der Waals surface area contributed by atoms with Crippen LogP contribution in [-0.2, 0) is 23.1 Å². The largest absolute Gasteiger partial charge is 0.326 e. The van der Waals surface area contributed by atoms with Gasteiger partial charge in [-0.25, -0.2) is 13.4 Å². The Morgan fingerprint density at radius 2 is 2.10 bits per heavy atom. The minimum absolute atomic E-state index is 0.0138. The number of rotatable bonds is 5. The molecule has 2 N–H and O–H groups in total. The van der Waals surface area contributed by atoms with E-state index in [2.05, 4.69) is 4.98 Å². The molecule has 8 heteroatoms. The fraction of sp³-hybridized carbons (Fsp3) is 0.250. The second-order valence-electron chi connectivity index (χ2n) is 4.18. The number of sulfonamides is 1. The lowest BCUT2D eigenvalue weighted by molar-refractivity contribution is 0.466. The Balaban J connectivity index is 2.19. The van der Waals surface area contributed by atoms with E-state index in [4.69, 9.17) is 17.3 Å². The third-order valence-electron chi connectivity index (χ3n) is 2.72. The molecule has 0 amide bonds. The molecule has 2 aromatic rings. The Morgan fingerprint density at radius 3 is 2.60 bits per heavy atom. The fourth-order valence-corrected chi connectivity index (χ4v) is 3.86. The normalized spacial score (nSPS) is 12.0. The Bertz CT molecular complexity index is 683. The van der Waals surface area contributed by atoms with Crippen LogP contribution in [-0.4, -0.2) is 24.8 Å². The van der Waals surface area contributed by atoms with E-state index in [9.17, 15) is 8.42 Å². The van der Waals surface area contributed by atoms with E-state index in [1.807, 2.05) is 6.07 Å². The summed E-state index contributed by atoms with van der Waals surface area (Å²) in [6.45, 7) is 0.594. The van der Waals surface area contributed by atoms with E-state index in [0.717, 1.165) is 10.4 Å². The summed E-state index contributed by atoms with van der Waals surface area (Å²) in [5.41, 5.74) is 6.25. The number of hydrogen-bond acceptors (Lipinski definition) is 5. The second kappa shape index (κ2) is 6.19. The summed E-state index contributed by atoms with van der Waals surface area (Å²) in [6, 6.07) is 6.69. The SMILES string of the molecule is CN(Cc1ccc(Cl)s1)S(=O)(=O)c1ccc(CN)cn1. The first-order valence-corrected chi connectivity index (χ1v) is 8.42. The summed E-state index contributed by atoms with van der Waals surface area (Å²) in [6.07, 6.45) is 1.47. The van der Waals surface area contributed by atoms with Crippen LogP contribution in [0.1, 0.15) is 10.4 Å². The van der Waals surface area contributed by atoms with Gasteiger partial charge in [-0.05, 0) is 23.8 Å². The molecule has 0 aliphatic heterocycles. The van der Waals surface area contributed by atoms with Crippen LogP contribution in [0.25, 0.3) is 0 Å². The molecule has 0 fully saturated rings. The second-order valence-corrected chi connectivity index (χ2v) is 7.97. The Kier molecular flexibility index (Phi) is 4.77. The van der Waals surface area contributed by atoms with E-state index in [0.29, 0.717) is 10.9 Å². The van der Waals surface area contributed by atoms with Crippen molar-refractivity contribution in [2.45, 2.75) is 18.1 Å². The van der Waals surface area contributed by atoms with Gasteiger partial charge in [0.25, 0.3) is 10.0 Å². The van der Waals surface area contributed by atoms with Crippen molar-refractivity contribution in [1.82, 2.24) is 9.29 Å². The van der Waals surface area contributed by atoms with Crippen molar-refractivity contribution < 1.29 is 8.42 Å². The first-order chi connectivity index (χ1) is 9.43. The molecule has 0 atom stereocenters. The van der Waals surface area contributed by atoms with Gasteiger partial charge in [-0.2, -0.15) is 4.31 Å². The summed E-state index contributed by atoms with van der Waals surface area (Å²) in [7, 11) is -2.09. The highest BCUT2D eigenvalue weighted by atomic mass is 35.5. The van der Waals surface area contributed by atoms with Crippen molar-refractivity contribution >= 4 is 33.0 Å². The standard InChI is InChI=1S/C12H14ClN3O2S2/c1-16(8-10-3-4-11(13)19-10)20(17,18)12-5-2-9(6-14)7-15-12/h2-5,7H,6,8,14H2,1H3. The highest BCUT2D eigenvalue weighted by Crippen LogP contribution is 2.24. The zero-order chi connectivity index (χ0) is 14.8. The molecule has 0 aliphatic carbocycles. The number of nitrogens with zero attached hydrogens (tertiary/aromatic N) is 2. The van der Waals surface area contributed by atoms with Crippen LogP contribution in [0.3, 0.4) is 0 Å². The van der Waals surface area contributed by atoms with E-state index >= 15 is 0 Å². The summed E-state index contributed by atoms with van der Waals surface area (Å²) < 4.78 is 26.6. The molecule has 0 saturated carbocycles. The number of thiophene rings is 1. The van der Waals surface area contributed by atoms with Gasteiger partial charge in [0.15, 0.2) is 5.03 Å². The molecule has 20 heavy (non-hydrogen) atoms. The molecular formula is C12H14ClN3O2S2. The number of halogens is 1. The van der Waals surface area contributed by atoms with Gasteiger partial charge in [0, 0.05) is 31.2 Å². The molecule has 0 radical (unpaired) electrons. The van der Waals surface area contributed by atoms with Gasteiger partial charge in [-0.1, -0.05) is 17.7 Å². The van der Waals surface area contributed by atoms with E-state index in [1.165, 1.54) is 35.0 Å². The molecule has 2 rings (SSSR count). The number of aromatic nitrogens is 1. The number of hydrogen-bond donors (Lipinski definition) is 1. The van der Waals surface area contributed by atoms with Crippen LogP contribution < -0.4 is 5.73 Å². The Hall–Kier alpha value is -0.990. The first-order valence-electron chi connectivity index (χ1n) is 5.79. The maximum absolute atomic E-state index is 12.3. The minimum Gasteiger partial charge on any atom is -0.326 e. The van der Waals surface area contributed by atoms with Crippen molar-refractivity contribution in [2.75, 3.05) is 7.05 Å². The number of nitrogens with two attached hydrogens (primary N) is 1. The van der Waals surface area contributed by atoms with Crippen LogP contribution >= 0.6 is 22.9 Å². The minimum atomic E-state index is -3.61. The van der Waals surface area contributed by atoms with Gasteiger partial charge in [-0.15, -0.1) is 11.3 Å². The van der Waals surface area contributed by atoms with Gasteiger partial charge < -0.3 is 5.73 Å². The lowest BCUT2D eigenvalue weighted by Crippen LogP contribution is -2.26. The summed E-state index contributed by atoms with van der Waals surface area (Å²) >= 11 is 7.19. The molecule has 0 aromatic carbocycles. The number of pyridine rings is 1. The van der Waals surface area contributed by atoms with Crippen LogP contribution in [0.5, 0.6) is 0 Å². The van der Waals surface area contributed by atoms with Gasteiger partial charge >= 0.3 is 0 Å². The quantitative estimate of drug-likeness (QED) is 0.910. The summed E-state index contributed by atoms with van der Waals surface area (Å²) in [5.74, 6) is 0. The predicted octanol–water partition coefficient (Wildman–Crippen LogP) is 2.08. The van der Waals surface area contributed by atoms with E-state index in [1.54, 1.807) is 12.1 Å². The zero-order valence-corrected chi connectivity index (χ0v) is 13.2. The van der Waals surface area contributed by atoms with Crippen molar-refractivity contribution in [3.63, 3.8) is 0 Å².